The number of aliphatic carboxylic acids is 1. The second-order valence-corrected chi connectivity index (χ2v) is 9.22. The van der Waals surface area contributed by atoms with Crippen LogP contribution >= 0.6 is 12.6 Å². The molecule has 1 aromatic rings. The van der Waals surface area contributed by atoms with E-state index in [-0.39, 0.29) is 30.4 Å². The molecule has 0 aliphatic heterocycles. The molecular weight excluding hydrogens is 448 g/mol. The van der Waals surface area contributed by atoms with Gasteiger partial charge in [0.15, 0.2) is 0 Å². The van der Waals surface area contributed by atoms with Gasteiger partial charge in [-0.2, -0.15) is 12.6 Å². The first-order valence-electron chi connectivity index (χ1n) is 10.9. The fourth-order valence-corrected chi connectivity index (χ4v) is 3.40. The van der Waals surface area contributed by atoms with E-state index in [1.54, 1.807) is 0 Å². The van der Waals surface area contributed by atoms with Gasteiger partial charge in [-0.3, -0.25) is 14.4 Å². The second kappa shape index (κ2) is 13.8. The zero-order valence-electron chi connectivity index (χ0n) is 19.5. The second-order valence-electron chi connectivity index (χ2n) is 8.85. The molecule has 0 saturated carbocycles. The molecule has 0 bridgehead atoms. The van der Waals surface area contributed by atoms with E-state index < -0.39 is 47.9 Å². The van der Waals surface area contributed by atoms with Crippen LogP contribution < -0.4 is 21.7 Å². The Morgan fingerprint density at radius 2 is 1.52 bits per heavy atom. The van der Waals surface area contributed by atoms with Gasteiger partial charge in [-0.25, -0.2) is 9.78 Å². The topological polar surface area (TPSA) is 179 Å². The molecule has 33 heavy (non-hydrogen) atoms. The number of imidazole rings is 1. The molecule has 0 aliphatic carbocycles. The van der Waals surface area contributed by atoms with Crippen LogP contribution in [-0.4, -0.2) is 68.7 Å². The Morgan fingerprint density at radius 3 is 2.00 bits per heavy atom. The van der Waals surface area contributed by atoms with Crippen LogP contribution in [0.2, 0.25) is 0 Å². The molecule has 186 valence electrons. The molecule has 7 N–H and O–H groups in total. The van der Waals surface area contributed by atoms with Gasteiger partial charge in [0, 0.05) is 24.1 Å². The number of thiol groups is 1. The van der Waals surface area contributed by atoms with Gasteiger partial charge in [-0.1, -0.05) is 27.7 Å². The van der Waals surface area contributed by atoms with Crippen LogP contribution in [0.1, 0.15) is 46.2 Å². The minimum Gasteiger partial charge on any atom is -0.480 e. The summed E-state index contributed by atoms with van der Waals surface area (Å²) in [5.41, 5.74) is 6.57. The van der Waals surface area contributed by atoms with Crippen LogP contribution in [0.5, 0.6) is 0 Å². The number of carbonyl (C=O) groups is 4. The number of carboxylic acid groups (broad SMARTS) is 1. The van der Waals surface area contributed by atoms with Crippen LogP contribution in [0.4, 0.5) is 0 Å². The molecule has 11 nitrogen and oxygen atoms in total. The van der Waals surface area contributed by atoms with Crippen LogP contribution in [0, 0.1) is 11.8 Å². The smallest absolute Gasteiger partial charge is 0.327 e. The molecule has 12 heteroatoms. The van der Waals surface area contributed by atoms with Crippen LogP contribution in [0.25, 0.3) is 0 Å². The van der Waals surface area contributed by atoms with Crippen molar-refractivity contribution in [1.29, 1.82) is 0 Å². The van der Waals surface area contributed by atoms with Crippen LogP contribution in [0.15, 0.2) is 12.5 Å². The third kappa shape index (κ3) is 10.3. The largest absolute Gasteiger partial charge is 0.480 e. The summed E-state index contributed by atoms with van der Waals surface area (Å²) in [4.78, 5) is 56.5. The summed E-state index contributed by atoms with van der Waals surface area (Å²) in [5.74, 6) is -2.81. The van der Waals surface area contributed by atoms with Gasteiger partial charge in [-0.15, -0.1) is 0 Å². The van der Waals surface area contributed by atoms with Gasteiger partial charge < -0.3 is 31.8 Å². The Hall–Kier alpha value is -2.60. The Balaban J connectivity index is 3.02. The number of nitrogens with one attached hydrogen (secondary N) is 4. The maximum Gasteiger partial charge on any atom is 0.327 e. The quantitative estimate of drug-likeness (QED) is 0.179. The fraction of sp³-hybridized carbons (Fsp3) is 0.667. The van der Waals surface area contributed by atoms with Crippen molar-refractivity contribution in [2.45, 2.75) is 71.1 Å². The van der Waals surface area contributed by atoms with Gasteiger partial charge in [0.1, 0.15) is 18.1 Å². The Kier molecular flexibility index (Phi) is 11.9. The Morgan fingerprint density at radius 1 is 0.970 bits per heavy atom. The highest BCUT2D eigenvalue weighted by molar-refractivity contribution is 7.80. The zero-order chi connectivity index (χ0) is 25.1. The van der Waals surface area contributed by atoms with Crippen molar-refractivity contribution in [3.63, 3.8) is 0 Å². The Labute approximate surface area is 199 Å². The van der Waals surface area contributed by atoms with Crippen molar-refractivity contribution >= 4 is 36.3 Å². The Bertz CT molecular complexity index is 786. The number of rotatable bonds is 14. The number of hydrogen-bond acceptors (Lipinski definition) is 7. The molecule has 1 heterocycles. The minimum absolute atomic E-state index is 0.0282. The van der Waals surface area contributed by atoms with Crippen LogP contribution in [-0.2, 0) is 25.6 Å². The lowest BCUT2D eigenvalue weighted by molar-refractivity contribution is -0.141. The van der Waals surface area contributed by atoms with Crippen molar-refractivity contribution in [3.05, 3.63) is 18.2 Å². The molecule has 0 fully saturated rings. The van der Waals surface area contributed by atoms with Crippen molar-refractivity contribution in [2.24, 2.45) is 17.6 Å². The number of carbonyl (C=O) groups excluding carboxylic acids is 3. The monoisotopic (exact) mass is 484 g/mol. The summed E-state index contributed by atoms with van der Waals surface area (Å²) in [6.07, 6.45) is 3.81. The van der Waals surface area contributed by atoms with Gasteiger partial charge in [0.05, 0.1) is 12.4 Å². The number of nitrogens with two attached hydrogens (primary N) is 1. The highest BCUT2D eigenvalue weighted by Gasteiger charge is 2.31. The van der Waals surface area contributed by atoms with Gasteiger partial charge in [-0.05, 0) is 24.7 Å². The molecule has 4 unspecified atom stereocenters. The first kappa shape index (κ1) is 28.4. The van der Waals surface area contributed by atoms with Crippen molar-refractivity contribution in [1.82, 2.24) is 25.9 Å². The number of aromatic nitrogens is 2. The number of carboxylic acids is 1. The standard InChI is InChI=1S/C21H36N6O5S/c1-11(2)5-14(22)18(28)25-16(7-13-8-23-10-24-13)20(30)26-15(6-12(3)4)19(29)27-17(9-33)21(31)32/h8,10-12,14-17,33H,5-7,9,22H2,1-4H3,(H,23,24)(H,25,28)(H,26,30)(H,27,29)(H,31,32). The molecule has 3 amide bonds. The number of amides is 3. The van der Waals surface area contributed by atoms with Crippen molar-refractivity contribution in [3.8, 4) is 0 Å². The summed E-state index contributed by atoms with van der Waals surface area (Å²) in [6.45, 7) is 7.61. The van der Waals surface area contributed by atoms with E-state index in [1.165, 1.54) is 12.5 Å². The molecule has 1 aromatic heterocycles. The lowest BCUT2D eigenvalue weighted by atomic mass is 10.0. The summed E-state index contributed by atoms with van der Waals surface area (Å²) < 4.78 is 0. The predicted molar refractivity (Wildman–Crippen MR) is 126 cm³/mol. The van der Waals surface area contributed by atoms with Gasteiger partial charge >= 0.3 is 5.97 Å². The molecule has 4 atom stereocenters. The first-order chi connectivity index (χ1) is 15.4. The predicted octanol–water partition coefficient (Wildman–Crippen LogP) is -0.159. The van der Waals surface area contributed by atoms with Crippen molar-refractivity contribution < 1.29 is 24.3 Å². The molecular formula is C21H36N6O5S. The van der Waals surface area contributed by atoms with Gasteiger partial charge in [0.25, 0.3) is 0 Å². The highest BCUT2D eigenvalue weighted by atomic mass is 32.1. The third-order valence-electron chi connectivity index (χ3n) is 4.81. The van der Waals surface area contributed by atoms with Crippen molar-refractivity contribution in [2.75, 3.05) is 5.75 Å². The molecule has 0 radical (unpaired) electrons. The average molecular weight is 485 g/mol. The van der Waals surface area contributed by atoms with E-state index in [1.807, 2.05) is 27.7 Å². The van der Waals surface area contributed by atoms with Gasteiger partial charge in [0.2, 0.25) is 17.7 Å². The lowest BCUT2D eigenvalue weighted by Crippen LogP contribution is -2.58. The SMILES string of the molecule is CC(C)CC(N)C(=O)NC(Cc1cnc[nH]1)C(=O)NC(CC(C)C)C(=O)NC(CS)C(=O)O. The van der Waals surface area contributed by atoms with E-state index in [0.29, 0.717) is 12.1 Å². The average Bonchev–Trinajstić information content (AvgIpc) is 3.22. The lowest BCUT2D eigenvalue weighted by Gasteiger charge is -2.26. The van der Waals surface area contributed by atoms with E-state index in [4.69, 9.17) is 5.73 Å². The fourth-order valence-electron chi connectivity index (χ4n) is 3.15. The minimum atomic E-state index is -1.23. The van der Waals surface area contributed by atoms with E-state index in [9.17, 15) is 24.3 Å². The molecule has 0 aromatic carbocycles. The maximum absolute atomic E-state index is 13.1. The normalized spacial score (nSPS) is 14.9. The number of nitrogens with zero attached hydrogens (tertiary/aromatic N) is 1. The highest BCUT2D eigenvalue weighted by Crippen LogP contribution is 2.09. The van der Waals surface area contributed by atoms with E-state index in [2.05, 4.69) is 38.5 Å². The van der Waals surface area contributed by atoms with E-state index >= 15 is 0 Å². The number of H-pyrrole nitrogens is 1. The molecule has 0 spiro atoms. The maximum atomic E-state index is 13.1. The summed E-state index contributed by atoms with van der Waals surface area (Å²) >= 11 is 3.95. The number of hydrogen-bond donors (Lipinski definition) is 7. The molecule has 0 aliphatic rings. The summed E-state index contributed by atoms with van der Waals surface area (Å²) in [6, 6.07) is -3.99. The van der Waals surface area contributed by atoms with Crippen LogP contribution in [0.3, 0.4) is 0 Å². The molecule has 1 rings (SSSR count). The third-order valence-corrected chi connectivity index (χ3v) is 5.18. The first-order valence-corrected chi connectivity index (χ1v) is 11.5. The van der Waals surface area contributed by atoms with E-state index in [0.717, 1.165) is 0 Å². The summed E-state index contributed by atoms with van der Waals surface area (Å²) in [7, 11) is 0. The summed E-state index contributed by atoms with van der Waals surface area (Å²) in [5, 5.41) is 16.9. The zero-order valence-corrected chi connectivity index (χ0v) is 20.4. The number of aromatic amines is 1. The molecule has 0 saturated heterocycles.